The highest BCUT2D eigenvalue weighted by molar-refractivity contribution is 5.47. The Morgan fingerprint density at radius 1 is 0.846 bits per heavy atom. The van der Waals surface area contributed by atoms with Gasteiger partial charge in [0.05, 0.1) is 0 Å². The van der Waals surface area contributed by atoms with E-state index in [0.717, 1.165) is 5.92 Å². The first-order valence-electron chi connectivity index (χ1n) is 10.8. The van der Waals surface area contributed by atoms with Gasteiger partial charge in [-0.1, -0.05) is 17.7 Å². The highest BCUT2D eigenvalue weighted by Crippen LogP contribution is 2.41. The second-order valence-corrected chi connectivity index (χ2v) is 9.37. The minimum atomic E-state index is 0.692. The number of piperidine rings is 3. The third-order valence-electron chi connectivity index (χ3n) is 7.49. The molecular formula is C23H37N3. The Kier molecular flexibility index (Phi) is 5.56. The van der Waals surface area contributed by atoms with E-state index < -0.39 is 0 Å². The van der Waals surface area contributed by atoms with E-state index in [2.05, 4.69) is 52.9 Å². The summed E-state index contributed by atoms with van der Waals surface area (Å²) in [6.45, 7) is 11.3. The summed E-state index contributed by atoms with van der Waals surface area (Å²) in [5.41, 5.74) is 3.46. The van der Waals surface area contributed by atoms with Crippen LogP contribution in [-0.4, -0.2) is 62.7 Å². The molecule has 26 heavy (non-hydrogen) atoms. The van der Waals surface area contributed by atoms with Gasteiger partial charge in [0.1, 0.15) is 0 Å². The molecule has 3 nitrogen and oxygen atoms in total. The molecule has 1 aromatic rings. The molecule has 3 heteroatoms. The summed E-state index contributed by atoms with van der Waals surface area (Å²) in [5, 5.41) is 0. The normalized spacial score (nSPS) is 25.7. The summed E-state index contributed by atoms with van der Waals surface area (Å²) >= 11 is 0. The van der Waals surface area contributed by atoms with Gasteiger partial charge in [0.15, 0.2) is 0 Å². The van der Waals surface area contributed by atoms with Crippen LogP contribution < -0.4 is 4.90 Å². The first kappa shape index (κ1) is 18.3. The molecule has 3 saturated heterocycles. The van der Waals surface area contributed by atoms with Gasteiger partial charge in [-0.2, -0.15) is 0 Å². The highest BCUT2D eigenvalue weighted by atomic mass is 15.2. The van der Waals surface area contributed by atoms with E-state index in [9.17, 15) is 0 Å². The maximum Gasteiger partial charge on any atom is 0.0366 e. The van der Waals surface area contributed by atoms with Crippen LogP contribution in [0.4, 0.5) is 5.69 Å². The lowest BCUT2D eigenvalue weighted by atomic mass is 9.71. The van der Waals surface area contributed by atoms with Gasteiger partial charge in [-0.3, -0.25) is 0 Å². The van der Waals surface area contributed by atoms with Crippen LogP contribution in [0.3, 0.4) is 0 Å². The summed E-state index contributed by atoms with van der Waals surface area (Å²) < 4.78 is 0. The Morgan fingerprint density at radius 2 is 1.42 bits per heavy atom. The molecular weight excluding hydrogens is 318 g/mol. The van der Waals surface area contributed by atoms with Crippen molar-refractivity contribution >= 4 is 5.69 Å². The molecule has 0 amide bonds. The van der Waals surface area contributed by atoms with Gasteiger partial charge in [0, 0.05) is 25.3 Å². The van der Waals surface area contributed by atoms with E-state index in [1.54, 1.807) is 0 Å². The number of nitrogens with zero attached hydrogens (tertiary/aromatic N) is 3. The molecule has 0 bridgehead atoms. The lowest BCUT2D eigenvalue weighted by Crippen LogP contribution is -2.47. The van der Waals surface area contributed by atoms with Crippen molar-refractivity contribution in [2.45, 2.75) is 45.4 Å². The lowest BCUT2D eigenvalue weighted by Gasteiger charge is -2.47. The molecule has 1 spiro atoms. The largest absolute Gasteiger partial charge is 0.372 e. The van der Waals surface area contributed by atoms with Crippen LogP contribution in [0.15, 0.2) is 24.3 Å². The topological polar surface area (TPSA) is 9.72 Å². The van der Waals surface area contributed by atoms with Crippen LogP contribution in [-0.2, 0) is 0 Å². The minimum absolute atomic E-state index is 0.692. The summed E-state index contributed by atoms with van der Waals surface area (Å²) in [6.07, 6.45) is 8.49. The molecule has 0 aliphatic carbocycles. The maximum atomic E-state index is 2.79. The smallest absolute Gasteiger partial charge is 0.0366 e. The zero-order valence-corrected chi connectivity index (χ0v) is 16.9. The van der Waals surface area contributed by atoms with Gasteiger partial charge >= 0.3 is 0 Å². The van der Waals surface area contributed by atoms with Crippen molar-refractivity contribution < 1.29 is 0 Å². The van der Waals surface area contributed by atoms with Crippen molar-refractivity contribution in [3.8, 4) is 0 Å². The molecule has 3 fully saturated rings. The number of anilines is 1. The van der Waals surface area contributed by atoms with Crippen molar-refractivity contribution in [1.82, 2.24) is 9.80 Å². The maximum absolute atomic E-state index is 2.79. The van der Waals surface area contributed by atoms with Gasteiger partial charge in [-0.15, -0.1) is 0 Å². The average molecular weight is 356 g/mol. The van der Waals surface area contributed by atoms with Crippen LogP contribution in [0.25, 0.3) is 0 Å². The summed E-state index contributed by atoms with van der Waals surface area (Å²) in [5.74, 6) is 0.906. The van der Waals surface area contributed by atoms with E-state index in [1.807, 2.05) is 0 Å². The number of hydrogen-bond donors (Lipinski definition) is 0. The van der Waals surface area contributed by atoms with E-state index in [0.29, 0.717) is 5.41 Å². The van der Waals surface area contributed by atoms with Crippen LogP contribution >= 0.6 is 0 Å². The quantitative estimate of drug-likeness (QED) is 0.811. The standard InChI is InChI=1S/C23H37N3/c1-20-3-5-22(6-4-20)26-13-7-21(8-14-26)19-25-17-11-23(12-18-25)9-15-24(2)16-10-23/h3-6,21H,7-19H2,1-2H3. The summed E-state index contributed by atoms with van der Waals surface area (Å²) in [4.78, 5) is 7.88. The molecule has 0 saturated carbocycles. The molecule has 0 radical (unpaired) electrons. The Balaban J connectivity index is 1.21. The van der Waals surface area contributed by atoms with Crippen molar-refractivity contribution in [2.24, 2.45) is 11.3 Å². The fraction of sp³-hybridized carbons (Fsp3) is 0.739. The van der Waals surface area contributed by atoms with Crippen LogP contribution in [0, 0.1) is 18.3 Å². The number of rotatable bonds is 3. The molecule has 3 heterocycles. The molecule has 0 atom stereocenters. The third kappa shape index (κ3) is 4.26. The second-order valence-electron chi connectivity index (χ2n) is 9.37. The predicted octanol–water partition coefficient (Wildman–Crippen LogP) is 4.02. The average Bonchev–Trinajstić information content (AvgIpc) is 2.68. The highest BCUT2D eigenvalue weighted by Gasteiger charge is 2.37. The molecule has 4 rings (SSSR count). The van der Waals surface area contributed by atoms with Crippen molar-refractivity contribution in [3.05, 3.63) is 29.8 Å². The molecule has 144 valence electrons. The Labute approximate surface area is 160 Å². The molecule has 1 aromatic carbocycles. The van der Waals surface area contributed by atoms with Crippen LogP contribution in [0.5, 0.6) is 0 Å². The first-order chi connectivity index (χ1) is 12.6. The van der Waals surface area contributed by atoms with Gasteiger partial charge in [0.2, 0.25) is 0 Å². The SMILES string of the molecule is Cc1ccc(N2CCC(CN3CCC4(CCN(C)CC4)CC3)CC2)cc1. The molecule has 3 aliphatic rings. The minimum Gasteiger partial charge on any atom is -0.372 e. The number of hydrogen-bond acceptors (Lipinski definition) is 3. The zero-order valence-electron chi connectivity index (χ0n) is 16.9. The van der Waals surface area contributed by atoms with Crippen molar-refractivity contribution in [2.75, 3.05) is 57.8 Å². The van der Waals surface area contributed by atoms with E-state index in [1.165, 1.54) is 95.6 Å². The van der Waals surface area contributed by atoms with Gasteiger partial charge in [-0.25, -0.2) is 0 Å². The molecule has 3 aliphatic heterocycles. The van der Waals surface area contributed by atoms with Crippen LogP contribution in [0.2, 0.25) is 0 Å². The monoisotopic (exact) mass is 355 g/mol. The summed E-state index contributed by atoms with van der Waals surface area (Å²) in [7, 11) is 2.28. The fourth-order valence-corrected chi connectivity index (χ4v) is 5.30. The predicted molar refractivity (Wildman–Crippen MR) is 111 cm³/mol. The Hall–Kier alpha value is -1.06. The van der Waals surface area contributed by atoms with Crippen molar-refractivity contribution in [1.29, 1.82) is 0 Å². The van der Waals surface area contributed by atoms with Gasteiger partial charge < -0.3 is 14.7 Å². The Morgan fingerprint density at radius 3 is 2.04 bits per heavy atom. The third-order valence-corrected chi connectivity index (χ3v) is 7.49. The lowest BCUT2D eigenvalue weighted by molar-refractivity contribution is 0.0358. The van der Waals surface area contributed by atoms with E-state index in [4.69, 9.17) is 0 Å². The van der Waals surface area contributed by atoms with Crippen LogP contribution in [0.1, 0.15) is 44.1 Å². The number of benzene rings is 1. The van der Waals surface area contributed by atoms with E-state index in [-0.39, 0.29) is 0 Å². The fourth-order valence-electron chi connectivity index (χ4n) is 5.30. The summed E-state index contributed by atoms with van der Waals surface area (Å²) in [6, 6.07) is 9.07. The zero-order chi connectivity index (χ0) is 18.0. The first-order valence-corrected chi connectivity index (χ1v) is 10.8. The number of aryl methyl sites for hydroxylation is 1. The molecule has 0 N–H and O–H groups in total. The van der Waals surface area contributed by atoms with E-state index >= 15 is 0 Å². The van der Waals surface area contributed by atoms with Gasteiger partial charge in [0.25, 0.3) is 0 Å². The molecule has 0 unspecified atom stereocenters. The molecule has 0 aromatic heterocycles. The number of likely N-dealkylation sites (tertiary alicyclic amines) is 2. The second kappa shape index (κ2) is 7.90. The van der Waals surface area contributed by atoms with Crippen molar-refractivity contribution in [3.63, 3.8) is 0 Å². The Bertz CT molecular complexity index is 556. The van der Waals surface area contributed by atoms with Gasteiger partial charge in [-0.05, 0) is 102 Å².